The van der Waals surface area contributed by atoms with E-state index >= 15 is 0 Å². The summed E-state index contributed by atoms with van der Waals surface area (Å²) in [6, 6.07) is 0.829. The third-order valence-corrected chi connectivity index (χ3v) is 4.83. The van der Waals surface area contributed by atoms with Crippen molar-refractivity contribution in [2.24, 2.45) is 5.92 Å². The standard InChI is InChI=1S/C16H33N3O2/c1-7-8-17-16(4,15(20)21)9-13(3)19-10-12(2)14(11-19)18(5)6/h12-14,17H,7-11H2,1-6H3,(H,20,21). The minimum atomic E-state index is -0.838. The molecule has 21 heavy (non-hydrogen) atoms. The Bertz CT molecular complexity index is 348. The van der Waals surface area contributed by atoms with Crippen LogP contribution in [-0.2, 0) is 4.79 Å². The molecule has 1 fully saturated rings. The third-order valence-electron chi connectivity index (χ3n) is 4.83. The van der Waals surface area contributed by atoms with Crippen molar-refractivity contribution in [1.29, 1.82) is 0 Å². The summed E-state index contributed by atoms with van der Waals surface area (Å²) in [4.78, 5) is 16.3. The van der Waals surface area contributed by atoms with E-state index in [2.05, 4.69) is 50.0 Å². The Morgan fingerprint density at radius 1 is 1.48 bits per heavy atom. The summed E-state index contributed by atoms with van der Waals surface area (Å²) >= 11 is 0. The van der Waals surface area contributed by atoms with Crippen molar-refractivity contribution in [2.75, 3.05) is 33.7 Å². The van der Waals surface area contributed by atoms with Crippen LogP contribution in [0.3, 0.4) is 0 Å². The summed E-state index contributed by atoms with van der Waals surface area (Å²) in [5.74, 6) is -0.124. The van der Waals surface area contributed by atoms with Gasteiger partial charge in [0.2, 0.25) is 0 Å². The first kappa shape index (κ1) is 18.4. The smallest absolute Gasteiger partial charge is 0.323 e. The SMILES string of the molecule is CCCNC(C)(CC(C)N1CC(C)C(N(C)C)C1)C(=O)O. The Morgan fingerprint density at radius 3 is 2.52 bits per heavy atom. The molecule has 0 radical (unpaired) electrons. The van der Waals surface area contributed by atoms with E-state index in [9.17, 15) is 9.90 Å². The molecule has 0 aliphatic carbocycles. The maximum absolute atomic E-state index is 11.6. The van der Waals surface area contributed by atoms with Gasteiger partial charge in [-0.3, -0.25) is 9.69 Å². The zero-order chi connectivity index (χ0) is 16.2. The van der Waals surface area contributed by atoms with Crippen LogP contribution in [0.25, 0.3) is 0 Å². The van der Waals surface area contributed by atoms with E-state index in [1.165, 1.54) is 0 Å². The van der Waals surface area contributed by atoms with E-state index in [4.69, 9.17) is 0 Å². The number of hydrogen-bond acceptors (Lipinski definition) is 4. The fraction of sp³-hybridized carbons (Fsp3) is 0.938. The summed E-state index contributed by atoms with van der Waals surface area (Å²) in [6.45, 7) is 11.1. The fourth-order valence-corrected chi connectivity index (χ4v) is 3.37. The number of carboxylic acid groups (broad SMARTS) is 1. The number of aliphatic carboxylic acids is 1. The van der Waals surface area contributed by atoms with Crippen LogP contribution in [0.4, 0.5) is 0 Å². The Kier molecular flexibility index (Phi) is 6.63. The van der Waals surface area contributed by atoms with Gasteiger partial charge in [-0.05, 0) is 53.2 Å². The third kappa shape index (κ3) is 4.66. The van der Waals surface area contributed by atoms with Crippen molar-refractivity contribution in [3.05, 3.63) is 0 Å². The number of hydrogen-bond donors (Lipinski definition) is 2. The van der Waals surface area contributed by atoms with Gasteiger partial charge >= 0.3 is 5.97 Å². The molecule has 0 bridgehead atoms. The first-order valence-electron chi connectivity index (χ1n) is 8.10. The highest BCUT2D eigenvalue weighted by atomic mass is 16.4. The van der Waals surface area contributed by atoms with Gasteiger partial charge in [-0.2, -0.15) is 0 Å². The van der Waals surface area contributed by atoms with Crippen LogP contribution >= 0.6 is 0 Å². The molecule has 0 aromatic carbocycles. The molecular weight excluding hydrogens is 266 g/mol. The van der Waals surface area contributed by atoms with Crippen molar-refractivity contribution in [3.63, 3.8) is 0 Å². The highest BCUT2D eigenvalue weighted by Gasteiger charge is 2.39. The van der Waals surface area contributed by atoms with Crippen molar-refractivity contribution < 1.29 is 9.90 Å². The number of nitrogens with one attached hydrogen (secondary N) is 1. The van der Waals surface area contributed by atoms with Gasteiger partial charge in [0.15, 0.2) is 0 Å². The van der Waals surface area contributed by atoms with Crippen LogP contribution in [0.5, 0.6) is 0 Å². The topological polar surface area (TPSA) is 55.8 Å². The Morgan fingerprint density at radius 2 is 2.10 bits per heavy atom. The molecule has 1 heterocycles. The molecule has 0 spiro atoms. The summed E-state index contributed by atoms with van der Waals surface area (Å²) in [5, 5.41) is 12.8. The lowest BCUT2D eigenvalue weighted by Crippen LogP contribution is -2.53. The molecule has 0 saturated carbocycles. The van der Waals surface area contributed by atoms with Crippen molar-refractivity contribution >= 4 is 5.97 Å². The number of likely N-dealkylation sites (N-methyl/N-ethyl adjacent to an activating group) is 1. The van der Waals surface area contributed by atoms with Gasteiger partial charge < -0.3 is 15.3 Å². The second kappa shape index (κ2) is 7.56. The molecule has 1 aliphatic heterocycles. The van der Waals surface area contributed by atoms with Crippen molar-refractivity contribution in [3.8, 4) is 0 Å². The molecule has 0 aromatic heterocycles. The highest BCUT2D eigenvalue weighted by Crippen LogP contribution is 2.25. The van der Waals surface area contributed by atoms with E-state index in [1.807, 2.05) is 6.92 Å². The summed E-state index contributed by atoms with van der Waals surface area (Å²) in [7, 11) is 4.25. The number of carbonyl (C=O) groups is 1. The van der Waals surface area contributed by atoms with Gasteiger partial charge in [-0.1, -0.05) is 13.8 Å². The second-order valence-corrected chi connectivity index (χ2v) is 7.08. The zero-order valence-corrected chi connectivity index (χ0v) is 14.5. The highest BCUT2D eigenvalue weighted by molar-refractivity contribution is 5.78. The molecule has 4 atom stereocenters. The molecular formula is C16H33N3O2. The average Bonchev–Trinajstić information content (AvgIpc) is 2.78. The molecule has 0 aromatic rings. The first-order valence-corrected chi connectivity index (χ1v) is 8.10. The van der Waals surface area contributed by atoms with Gasteiger partial charge in [0, 0.05) is 25.2 Å². The molecule has 0 amide bonds. The molecule has 1 rings (SSSR count). The van der Waals surface area contributed by atoms with Gasteiger partial charge in [0.25, 0.3) is 0 Å². The Labute approximate surface area is 129 Å². The maximum Gasteiger partial charge on any atom is 0.323 e. The first-order chi connectivity index (χ1) is 9.71. The predicted molar refractivity (Wildman–Crippen MR) is 86.6 cm³/mol. The van der Waals surface area contributed by atoms with Gasteiger partial charge in [-0.25, -0.2) is 0 Å². The minimum Gasteiger partial charge on any atom is -0.480 e. The Balaban J connectivity index is 2.66. The number of nitrogens with zero attached hydrogens (tertiary/aromatic N) is 2. The normalized spacial score (nSPS) is 27.8. The Hall–Kier alpha value is -0.650. The summed E-state index contributed by atoms with van der Waals surface area (Å²) in [5.41, 5.74) is -0.838. The monoisotopic (exact) mass is 299 g/mol. The van der Waals surface area contributed by atoms with E-state index in [-0.39, 0.29) is 6.04 Å². The lowest BCUT2D eigenvalue weighted by Gasteiger charge is -2.33. The van der Waals surface area contributed by atoms with E-state index in [0.717, 1.165) is 26.1 Å². The predicted octanol–water partition coefficient (Wildman–Crippen LogP) is 1.49. The molecule has 2 N–H and O–H groups in total. The summed E-state index contributed by atoms with van der Waals surface area (Å²) in [6.07, 6.45) is 1.58. The molecule has 4 unspecified atom stereocenters. The maximum atomic E-state index is 11.6. The minimum absolute atomic E-state index is 0.267. The summed E-state index contributed by atoms with van der Waals surface area (Å²) < 4.78 is 0. The van der Waals surface area contributed by atoms with E-state index in [0.29, 0.717) is 18.4 Å². The molecule has 124 valence electrons. The fourth-order valence-electron chi connectivity index (χ4n) is 3.37. The molecule has 5 nitrogen and oxygen atoms in total. The molecule has 1 aliphatic rings. The van der Waals surface area contributed by atoms with Gasteiger partial charge in [0.05, 0.1) is 0 Å². The quantitative estimate of drug-likeness (QED) is 0.711. The van der Waals surface area contributed by atoms with Crippen LogP contribution < -0.4 is 5.32 Å². The zero-order valence-electron chi connectivity index (χ0n) is 14.5. The lowest BCUT2D eigenvalue weighted by atomic mass is 9.92. The van der Waals surface area contributed by atoms with E-state index in [1.54, 1.807) is 0 Å². The molecule has 5 heteroatoms. The number of carboxylic acids is 1. The van der Waals surface area contributed by atoms with Crippen molar-refractivity contribution in [2.45, 2.75) is 58.2 Å². The largest absolute Gasteiger partial charge is 0.480 e. The second-order valence-electron chi connectivity index (χ2n) is 7.08. The van der Waals surface area contributed by atoms with Gasteiger partial charge in [-0.15, -0.1) is 0 Å². The van der Waals surface area contributed by atoms with Crippen LogP contribution in [0.2, 0.25) is 0 Å². The van der Waals surface area contributed by atoms with Gasteiger partial charge in [0.1, 0.15) is 5.54 Å². The lowest BCUT2D eigenvalue weighted by molar-refractivity contribution is -0.145. The average molecular weight is 299 g/mol. The number of rotatable bonds is 8. The van der Waals surface area contributed by atoms with E-state index < -0.39 is 11.5 Å². The van der Waals surface area contributed by atoms with Crippen LogP contribution in [-0.4, -0.2) is 72.2 Å². The molecule has 1 saturated heterocycles. The van der Waals surface area contributed by atoms with Crippen molar-refractivity contribution in [1.82, 2.24) is 15.1 Å². The van der Waals surface area contributed by atoms with Crippen LogP contribution in [0, 0.1) is 5.92 Å². The van der Waals surface area contributed by atoms with Crippen LogP contribution in [0.15, 0.2) is 0 Å². The number of likely N-dealkylation sites (tertiary alicyclic amines) is 1. The van der Waals surface area contributed by atoms with Crippen LogP contribution in [0.1, 0.15) is 40.5 Å².